The second-order valence-electron chi connectivity index (χ2n) is 21.2. The van der Waals surface area contributed by atoms with E-state index in [4.69, 9.17) is 14.2 Å². The van der Waals surface area contributed by atoms with Crippen molar-refractivity contribution in [2.45, 2.75) is 284 Å². The molecule has 0 N–H and O–H groups in total. The van der Waals surface area contributed by atoms with E-state index in [-0.39, 0.29) is 31.6 Å². The molecule has 0 aliphatic carbocycles. The maximum absolute atomic E-state index is 12.9. The van der Waals surface area contributed by atoms with Gasteiger partial charge in [-0.25, -0.2) is 0 Å². The van der Waals surface area contributed by atoms with Gasteiger partial charge in [-0.05, 0) is 128 Å². The first-order chi connectivity index (χ1) is 40.0. The Balaban J connectivity index is 4.32. The lowest BCUT2D eigenvalue weighted by Gasteiger charge is -2.18. The second-order valence-corrected chi connectivity index (χ2v) is 21.2. The lowest BCUT2D eigenvalue weighted by molar-refractivity contribution is -0.166. The van der Waals surface area contributed by atoms with E-state index in [1.54, 1.807) is 0 Å². The van der Waals surface area contributed by atoms with Crippen molar-refractivity contribution in [3.8, 4) is 0 Å². The second kappa shape index (κ2) is 67.5. The van der Waals surface area contributed by atoms with E-state index in [9.17, 15) is 14.4 Å². The van der Waals surface area contributed by atoms with Gasteiger partial charge in [0.2, 0.25) is 0 Å². The summed E-state index contributed by atoms with van der Waals surface area (Å²) in [6.45, 7) is 6.22. The van der Waals surface area contributed by atoms with Crippen LogP contribution in [0.4, 0.5) is 0 Å². The van der Waals surface area contributed by atoms with Crippen molar-refractivity contribution in [3.63, 3.8) is 0 Å². The summed E-state index contributed by atoms with van der Waals surface area (Å²) in [5.74, 6) is -1.04. The highest BCUT2D eigenvalue weighted by Crippen LogP contribution is 2.16. The van der Waals surface area contributed by atoms with E-state index in [0.717, 1.165) is 128 Å². The Morgan fingerprint density at radius 1 is 0.247 bits per heavy atom. The highest BCUT2D eigenvalue weighted by atomic mass is 16.6. The first-order valence-corrected chi connectivity index (χ1v) is 33.0. The van der Waals surface area contributed by atoms with Crippen LogP contribution in [-0.2, 0) is 28.6 Å². The summed E-state index contributed by atoms with van der Waals surface area (Å²) in [5, 5.41) is 0. The van der Waals surface area contributed by atoms with Gasteiger partial charge in [-0.1, -0.05) is 288 Å². The molecule has 0 aliphatic heterocycles. The van der Waals surface area contributed by atoms with Gasteiger partial charge in [0.15, 0.2) is 6.10 Å². The largest absolute Gasteiger partial charge is 0.462 e. The van der Waals surface area contributed by atoms with Crippen LogP contribution < -0.4 is 0 Å². The third-order valence-corrected chi connectivity index (χ3v) is 13.5. The van der Waals surface area contributed by atoms with Gasteiger partial charge in [-0.2, -0.15) is 0 Å². The zero-order chi connectivity index (χ0) is 58.5. The van der Waals surface area contributed by atoms with E-state index < -0.39 is 12.1 Å². The molecule has 0 fully saturated rings. The van der Waals surface area contributed by atoms with Crippen molar-refractivity contribution in [1.29, 1.82) is 0 Å². The average Bonchev–Trinajstić information content (AvgIpc) is 3.46. The minimum absolute atomic E-state index is 0.122. The van der Waals surface area contributed by atoms with Gasteiger partial charge < -0.3 is 14.2 Å². The Kier molecular flexibility index (Phi) is 63.4. The molecule has 0 amide bonds. The predicted molar refractivity (Wildman–Crippen MR) is 352 cm³/mol. The number of hydrogen-bond donors (Lipinski definition) is 0. The Morgan fingerprint density at radius 3 is 0.753 bits per heavy atom. The number of allylic oxidation sites excluding steroid dienone is 26. The molecule has 0 bridgehead atoms. The monoisotopic (exact) mass is 1120 g/mol. The van der Waals surface area contributed by atoms with Crippen molar-refractivity contribution in [3.05, 3.63) is 158 Å². The number of ether oxygens (including phenoxy) is 3. The van der Waals surface area contributed by atoms with Crippen LogP contribution in [0, 0.1) is 0 Å². The van der Waals surface area contributed by atoms with Crippen LogP contribution in [0.1, 0.15) is 278 Å². The van der Waals surface area contributed by atoms with Crippen LogP contribution >= 0.6 is 0 Å². The van der Waals surface area contributed by atoms with Crippen LogP contribution in [0.25, 0.3) is 0 Å². The highest BCUT2D eigenvalue weighted by molar-refractivity contribution is 5.71. The SMILES string of the molecule is CC/C=C\C/C=C\C/C=C\C/C=C\C/C=C\C/C=C\CCC(=O)OC(COC(=O)CCCCC/C=C\C/C=C\C/C=C\CC)COC(=O)CCCCCCCCCCCCCCCCCCCC/C=C\C/C=C\C/C=C\C/C=C\CC. The molecule has 0 rings (SSSR count). The normalized spacial score (nSPS) is 13.2. The summed E-state index contributed by atoms with van der Waals surface area (Å²) < 4.78 is 16.8. The maximum atomic E-state index is 12.9. The lowest BCUT2D eigenvalue weighted by atomic mass is 10.0. The van der Waals surface area contributed by atoms with Gasteiger partial charge in [0, 0.05) is 19.3 Å². The fourth-order valence-electron chi connectivity index (χ4n) is 8.71. The van der Waals surface area contributed by atoms with Crippen LogP contribution in [0.2, 0.25) is 0 Å². The maximum Gasteiger partial charge on any atom is 0.306 e. The predicted octanol–water partition coefficient (Wildman–Crippen LogP) is 22.9. The molecule has 0 spiro atoms. The fraction of sp³-hybridized carbons (Fsp3) is 0.613. The summed E-state index contributed by atoms with van der Waals surface area (Å²) >= 11 is 0. The third-order valence-electron chi connectivity index (χ3n) is 13.5. The van der Waals surface area contributed by atoms with E-state index in [1.165, 1.54) is 103 Å². The average molecular weight is 1120 g/mol. The van der Waals surface area contributed by atoms with Gasteiger partial charge in [0.05, 0.1) is 0 Å². The molecule has 6 heteroatoms. The first-order valence-electron chi connectivity index (χ1n) is 33.0. The van der Waals surface area contributed by atoms with Crippen molar-refractivity contribution in [2.75, 3.05) is 13.2 Å². The first kappa shape index (κ1) is 76.0. The van der Waals surface area contributed by atoms with Gasteiger partial charge in [-0.3, -0.25) is 14.4 Å². The molecule has 0 saturated heterocycles. The summed E-state index contributed by atoms with van der Waals surface area (Å²) in [6.07, 6.45) is 98.6. The van der Waals surface area contributed by atoms with E-state index in [1.807, 2.05) is 12.2 Å². The van der Waals surface area contributed by atoms with Crippen molar-refractivity contribution in [1.82, 2.24) is 0 Å². The third kappa shape index (κ3) is 65.7. The molecule has 6 nitrogen and oxygen atoms in total. The zero-order valence-electron chi connectivity index (χ0n) is 52.2. The van der Waals surface area contributed by atoms with Crippen LogP contribution in [0.15, 0.2) is 158 Å². The molecule has 0 aromatic rings. The smallest absolute Gasteiger partial charge is 0.306 e. The Labute approximate surface area is 499 Å². The number of carbonyl (C=O) groups excluding carboxylic acids is 3. The lowest BCUT2D eigenvalue weighted by Crippen LogP contribution is -2.30. The molecular weight excluding hydrogens is 997 g/mol. The number of esters is 3. The van der Waals surface area contributed by atoms with Crippen molar-refractivity contribution >= 4 is 17.9 Å². The molecule has 0 heterocycles. The van der Waals surface area contributed by atoms with Crippen LogP contribution in [0.5, 0.6) is 0 Å². The standard InChI is InChI=1S/C75H120O6/c1-4-7-10-13-16-19-22-25-27-29-31-32-33-34-35-36-37-38-39-40-41-42-44-45-47-50-53-56-59-62-65-68-74(77)80-71-72(70-79-73(76)67-64-61-58-55-52-49-24-21-18-15-12-9-6-3)81-75(78)69-66-63-60-57-54-51-48-46-43-30-28-26-23-20-17-14-11-8-5-2/h7-12,16-21,25-28,31-32,43,46,49,51-52,54,60,63,72H,4-6,13-15,22-24,29-30,33-42,44-45,47-48,50,53,55-59,61-62,64-71H2,1-3H3/b10-7-,11-8-,12-9-,19-16-,20-17-,21-18-,27-25-,28-26-,32-31-,46-43-,52-49-,54-51-,63-60-. The van der Waals surface area contributed by atoms with E-state index in [2.05, 4.69) is 167 Å². The molecule has 0 aliphatic rings. The quantitative estimate of drug-likeness (QED) is 0.0261. The molecule has 1 atom stereocenters. The molecular formula is C75H120O6. The fourth-order valence-corrected chi connectivity index (χ4v) is 8.71. The number of rotatable bonds is 58. The topological polar surface area (TPSA) is 78.9 Å². The zero-order valence-corrected chi connectivity index (χ0v) is 52.2. The number of hydrogen-bond acceptors (Lipinski definition) is 6. The minimum Gasteiger partial charge on any atom is -0.462 e. The van der Waals surface area contributed by atoms with E-state index in [0.29, 0.717) is 19.3 Å². The highest BCUT2D eigenvalue weighted by Gasteiger charge is 2.19. The van der Waals surface area contributed by atoms with Crippen molar-refractivity contribution < 1.29 is 28.6 Å². The van der Waals surface area contributed by atoms with Crippen LogP contribution in [-0.4, -0.2) is 37.2 Å². The Bertz CT molecular complexity index is 1810. The molecule has 1 unspecified atom stereocenters. The van der Waals surface area contributed by atoms with Gasteiger partial charge >= 0.3 is 17.9 Å². The van der Waals surface area contributed by atoms with Gasteiger partial charge in [0.1, 0.15) is 13.2 Å². The molecule has 0 aromatic heterocycles. The minimum atomic E-state index is -0.837. The van der Waals surface area contributed by atoms with Crippen molar-refractivity contribution in [2.24, 2.45) is 0 Å². The summed E-state index contributed by atoms with van der Waals surface area (Å²) in [7, 11) is 0. The molecule has 0 aromatic carbocycles. The molecule has 0 radical (unpaired) electrons. The van der Waals surface area contributed by atoms with E-state index >= 15 is 0 Å². The summed E-state index contributed by atoms with van der Waals surface area (Å²) in [6, 6.07) is 0. The Hall–Kier alpha value is -4.97. The summed E-state index contributed by atoms with van der Waals surface area (Å²) in [5.41, 5.74) is 0. The van der Waals surface area contributed by atoms with Gasteiger partial charge in [0.25, 0.3) is 0 Å². The van der Waals surface area contributed by atoms with Crippen LogP contribution in [0.3, 0.4) is 0 Å². The molecule has 81 heavy (non-hydrogen) atoms. The number of unbranched alkanes of at least 4 members (excludes halogenated alkanes) is 21. The molecule has 0 saturated carbocycles. The van der Waals surface area contributed by atoms with Gasteiger partial charge in [-0.15, -0.1) is 0 Å². The molecule has 456 valence electrons. The Morgan fingerprint density at radius 2 is 0.469 bits per heavy atom. The summed E-state index contributed by atoms with van der Waals surface area (Å²) in [4.78, 5) is 38.3. The number of carbonyl (C=O) groups is 3.